The fourth-order valence-corrected chi connectivity index (χ4v) is 7.39. The number of hydrogen-bond donors (Lipinski definition) is 3. The molecule has 0 unspecified atom stereocenters. The van der Waals surface area contributed by atoms with Crippen molar-refractivity contribution in [3.8, 4) is 0 Å². The van der Waals surface area contributed by atoms with Gasteiger partial charge in [-0.2, -0.15) is 0 Å². The minimum absolute atomic E-state index is 0.0133. The molecule has 11 nitrogen and oxygen atoms in total. The lowest BCUT2D eigenvalue weighted by atomic mass is 9.97. The molecule has 11 heteroatoms. The van der Waals surface area contributed by atoms with E-state index >= 15 is 0 Å². The second kappa shape index (κ2) is 33.2. The van der Waals surface area contributed by atoms with Crippen LogP contribution in [0.5, 0.6) is 0 Å². The summed E-state index contributed by atoms with van der Waals surface area (Å²) >= 11 is 0. The molecular formula is C55H115N9O2. The van der Waals surface area contributed by atoms with Gasteiger partial charge in [-0.15, -0.1) is 0 Å². The number of aryl methyl sites for hydroxylation is 1. The number of likely N-dealkylation sites (N-methyl/N-ethyl adjacent to an activating group) is 1. The number of hydrogen-bond acceptors (Lipinski definition) is 11. The number of benzene rings is 1. The van der Waals surface area contributed by atoms with Crippen molar-refractivity contribution in [2.75, 3.05) is 149 Å². The molecular weight excluding hydrogens is 819 g/mol. The average Bonchev–Trinajstić information content (AvgIpc) is 3.21. The summed E-state index contributed by atoms with van der Waals surface area (Å²) in [5, 5.41) is 10.5. The van der Waals surface area contributed by atoms with E-state index in [9.17, 15) is 0 Å². The van der Waals surface area contributed by atoms with Gasteiger partial charge in [0.1, 0.15) is 0 Å². The van der Waals surface area contributed by atoms with Crippen molar-refractivity contribution in [1.82, 2.24) is 40.0 Å². The predicted octanol–water partition coefficient (Wildman–Crippen LogP) is 9.13. The van der Waals surface area contributed by atoms with Gasteiger partial charge in [0.2, 0.25) is 0 Å². The Morgan fingerprint density at radius 1 is 0.515 bits per heavy atom. The molecule has 1 aromatic carbocycles. The molecule has 392 valence electrons. The van der Waals surface area contributed by atoms with Crippen molar-refractivity contribution in [3.05, 3.63) is 29.8 Å². The van der Waals surface area contributed by atoms with Crippen molar-refractivity contribution in [2.24, 2.45) is 5.41 Å². The highest BCUT2D eigenvalue weighted by molar-refractivity contribution is 5.46. The molecule has 0 atom stereocenters. The zero-order valence-electron chi connectivity index (χ0n) is 47.9. The molecule has 3 heterocycles. The van der Waals surface area contributed by atoms with E-state index in [1.807, 2.05) is 13.8 Å². The fourth-order valence-electron chi connectivity index (χ4n) is 7.39. The summed E-state index contributed by atoms with van der Waals surface area (Å²) in [5.74, 6) is 0. The predicted molar refractivity (Wildman–Crippen MR) is 292 cm³/mol. The number of nitrogens with zero attached hydrogens (tertiary/aromatic N) is 6. The van der Waals surface area contributed by atoms with E-state index in [2.05, 4.69) is 201 Å². The van der Waals surface area contributed by atoms with E-state index in [1.54, 1.807) is 0 Å². The van der Waals surface area contributed by atoms with Crippen LogP contribution in [0.3, 0.4) is 0 Å². The standard InChI is InChI=1S/C17H37N3O.C16H35N3O.C11H17N.C9H20N2.C2H6/c1-16(2,3)15-18-7-8-19-9-11-20(12-10-19)13-14-21-17(4,5)6;1-15(2,3)17-7-8-18-9-11-19(12-10-18)13-14-20-16(4,5)6;1-9-5-7-10(8-6-9)12-11(2,3)4;1-4-10-5-7-11(8-6-10)9(2)3;1-2/h18H,7-15H2,1-6H3;17H,7-14H2,1-6H3;5-8,12H,1-4H3;9H,4-8H2,1-3H3;1-2H3. The van der Waals surface area contributed by atoms with Gasteiger partial charge in [-0.25, -0.2) is 0 Å². The molecule has 0 aliphatic carbocycles. The van der Waals surface area contributed by atoms with Crippen molar-refractivity contribution >= 4 is 5.69 Å². The van der Waals surface area contributed by atoms with Crippen LogP contribution in [0.15, 0.2) is 24.3 Å². The SMILES string of the molecule is CC.CC(C)(C)CNCCN1CCN(CCOC(C)(C)C)CC1.CC(C)(C)NCCN1CCN(CCOC(C)(C)C)CC1.CCN1CCN(C(C)C)CC1.Cc1ccc(NC(C)(C)C)cc1. The molecule has 0 aromatic heterocycles. The summed E-state index contributed by atoms with van der Waals surface area (Å²) in [7, 11) is 0. The maximum Gasteiger partial charge on any atom is 0.0600 e. The van der Waals surface area contributed by atoms with Crippen LogP contribution in [0.2, 0.25) is 0 Å². The van der Waals surface area contributed by atoms with Gasteiger partial charge in [-0.1, -0.05) is 59.2 Å². The number of rotatable bonds is 16. The van der Waals surface area contributed by atoms with E-state index in [0.717, 1.165) is 58.5 Å². The van der Waals surface area contributed by atoms with Gasteiger partial charge in [-0.05, 0) is 128 Å². The number of nitrogens with one attached hydrogen (secondary N) is 3. The normalized spacial score (nSPS) is 18.0. The molecule has 4 rings (SSSR count). The highest BCUT2D eigenvalue weighted by atomic mass is 16.5. The molecule has 3 saturated heterocycles. The molecule has 3 aliphatic rings. The first-order chi connectivity index (χ1) is 30.5. The molecule has 0 spiro atoms. The lowest BCUT2D eigenvalue weighted by Gasteiger charge is -2.36. The molecule has 0 saturated carbocycles. The van der Waals surface area contributed by atoms with Crippen LogP contribution < -0.4 is 16.0 Å². The van der Waals surface area contributed by atoms with E-state index in [4.69, 9.17) is 9.47 Å². The summed E-state index contributed by atoms with van der Waals surface area (Å²) in [6.07, 6.45) is 0. The van der Waals surface area contributed by atoms with Gasteiger partial charge in [0, 0.05) is 147 Å². The van der Waals surface area contributed by atoms with Crippen molar-refractivity contribution < 1.29 is 9.47 Å². The topological polar surface area (TPSA) is 74.0 Å². The second-order valence-electron chi connectivity index (χ2n) is 24.0. The second-order valence-corrected chi connectivity index (χ2v) is 24.0. The van der Waals surface area contributed by atoms with Gasteiger partial charge in [0.25, 0.3) is 0 Å². The van der Waals surface area contributed by atoms with E-state index < -0.39 is 0 Å². The number of ether oxygens (including phenoxy) is 2. The van der Waals surface area contributed by atoms with Gasteiger partial charge in [0.05, 0.1) is 24.4 Å². The van der Waals surface area contributed by atoms with Crippen LogP contribution in [0.1, 0.15) is 144 Å². The lowest BCUT2D eigenvalue weighted by molar-refractivity contribution is -0.0180. The maximum atomic E-state index is 5.80. The van der Waals surface area contributed by atoms with Gasteiger partial charge >= 0.3 is 0 Å². The monoisotopic (exact) mass is 934 g/mol. The fraction of sp³-hybridized carbons (Fsp3) is 0.891. The zero-order chi connectivity index (χ0) is 50.6. The van der Waals surface area contributed by atoms with Crippen molar-refractivity contribution in [3.63, 3.8) is 0 Å². The summed E-state index contributed by atoms with van der Waals surface area (Å²) in [6, 6.07) is 9.19. The Morgan fingerprint density at radius 3 is 1.23 bits per heavy atom. The van der Waals surface area contributed by atoms with Crippen LogP contribution in [-0.2, 0) is 9.47 Å². The molecule has 66 heavy (non-hydrogen) atoms. The van der Waals surface area contributed by atoms with Crippen LogP contribution in [-0.4, -0.2) is 202 Å². The highest BCUT2D eigenvalue weighted by Crippen LogP contribution is 2.15. The third kappa shape index (κ3) is 38.5. The minimum Gasteiger partial charge on any atom is -0.380 e. The molecule has 0 amide bonds. The Kier molecular flexibility index (Phi) is 32.6. The van der Waals surface area contributed by atoms with Gasteiger partial charge < -0.3 is 30.3 Å². The largest absolute Gasteiger partial charge is 0.380 e. The average molecular weight is 935 g/mol. The van der Waals surface area contributed by atoms with Crippen molar-refractivity contribution in [2.45, 2.75) is 174 Å². The summed E-state index contributed by atoms with van der Waals surface area (Å²) in [6.45, 7) is 70.7. The molecule has 3 aliphatic heterocycles. The third-order valence-electron chi connectivity index (χ3n) is 11.3. The molecule has 0 bridgehead atoms. The van der Waals surface area contributed by atoms with E-state index in [-0.39, 0.29) is 22.3 Å². The molecule has 3 fully saturated rings. The van der Waals surface area contributed by atoms with Gasteiger partial charge in [-0.3, -0.25) is 24.5 Å². The number of anilines is 1. The summed E-state index contributed by atoms with van der Waals surface area (Å²) in [5.41, 5.74) is 3.22. The Hall–Kier alpha value is -1.38. The quantitative estimate of drug-likeness (QED) is 0.139. The van der Waals surface area contributed by atoms with Crippen LogP contribution in [0, 0.1) is 12.3 Å². The summed E-state index contributed by atoms with van der Waals surface area (Å²) < 4.78 is 11.6. The Bertz CT molecular complexity index is 1240. The first-order valence-electron chi connectivity index (χ1n) is 26.5. The lowest BCUT2D eigenvalue weighted by Crippen LogP contribution is -2.50. The Balaban J connectivity index is 0.000000871. The van der Waals surface area contributed by atoms with Crippen LogP contribution in [0.25, 0.3) is 0 Å². The van der Waals surface area contributed by atoms with E-state index in [0.29, 0.717) is 5.41 Å². The minimum atomic E-state index is -0.0134. The molecule has 3 N–H and O–H groups in total. The van der Waals surface area contributed by atoms with Crippen LogP contribution >= 0.6 is 0 Å². The first kappa shape index (κ1) is 64.6. The smallest absolute Gasteiger partial charge is 0.0600 e. The van der Waals surface area contributed by atoms with Crippen LogP contribution in [0.4, 0.5) is 5.69 Å². The van der Waals surface area contributed by atoms with E-state index in [1.165, 1.54) is 103 Å². The Labute approximate surface area is 412 Å². The summed E-state index contributed by atoms with van der Waals surface area (Å²) in [4.78, 5) is 15.2. The molecule has 0 radical (unpaired) electrons. The zero-order valence-corrected chi connectivity index (χ0v) is 47.9. The highest BCUT2D eigenvalue weighted by Gasteiger charge is 2.21. The molecule has 1 aromatic rings. The maximum absolute atomic E-state index is 5.80. The number of piperazine rings is 3. The van der Waals surface area contributed by atoms with Gasteiger partial charge in [0.15, 0.2) is 0 Å². The first-order valence-corrected chi connectivity index (χ1v) is 26.5. The van der Waals surface area contributed by atoms with Crippen molar-refractivity contribution in [1.29, 1.82) is 0 Å². The third-order valence-corrected chi connectivity index (χ3v) is 11.3. The Morgan fingerprint density at radius 2 is 0.894 bits per heavy atom.